The van der Waals surface area contributed by atoms with Crippen molar-refractivity contribution >= 4 is 27.3 Å². The molecule has 0 bridgehead atoms. The molecule has 2 heterocycles. The minimum absolute atomic E-state index is 0.0152. The van der Waals surface area contributed by atoms with Gasteiger partial charge >= 0.3 is 0 Å². The first-order valence-electron chi connectivity index (χ1n) is 15.6. The molecule has 0 aliphatic carbocycles. The van der Waals surface area contributed by atoms with Crippen LogP contribution in [0.1, 0.15) is 22.3 Å². The fourth-order valence-corrected chi connectivity index (χ4v) is 7.72. The van der Waals surface area contributed by atoms with Gasteiger partial charge in [0.05, 0.1) is 29.3 Å². The predicted molar refractivity (Wildman–Crippen MR) is 181 cm³/mol. The molecule has 4 aromatic rings. The van der Waals surface area contributed by atoms with Crippen LogP contribution in [-0.4, -0.2) is 72.6 Å². The van der Waals surface area contributed by atoms with E-state index >= 15 is 0 Å². The molecule has 1 N–H and O–H groups in total. The maximum atomic E-state index is 15.0. The van der Waals surface area contributed by atoms with Gasteiger partial charge in [-0.3, -0.25) is 10.1 Å². The summed E-state index contributed by atoms with van der Waals surface area (Å²) in [6.45, 7) is 2.79. The second kappa shape index (κ2) is 13.8. The molecule has 49 heavy (non-hydrogen) atoms. The summed E-state index contributed by atoms with van der Waals surface area (Å²) in [5.74, 6) is -0.521. The molecule has 254 valence electrons. The number of nitriles is 1. The third kappa shape index (κ3) is 6.42. The Bertz CT molecular complexity index is 1980. The van der Waals surface area contributed by atoms with E-state index in [-0.39, 0.29) is 39.6 Å². The zero-order chi connectivity index (χ0) is 34.8. The molecule has 1 atom stereocenters. The van der Waals surface area contributed by atoms with Crippen molar-refractivity contribution in [1.82, 2.24) is 10.2 Å². The van der Waals surface area contributed by atoms with Gasteiger partial charge in [-0.1, -0.05) is 30.3 Å². The van der Waals surface area contributed by atoms with Crippen molar-refractivity contribution in [3.05, 3.63) is 113 Å². The number of amides is 1. The summed E-state index contributed by atoms with van der Waals surface area (Å²) in [7, 11) is -0.997. The molecule has 1 fully saturated rings. The number of hydrogen-bond donors (Lipinski definition) is 1. The number of piperazine rings is 1. The van der Waals surface area contributed by atoms with Crippen LogP contribution >= 0.6 is 0 Å². The second-order valence-electron chi connectivity index (χ2n) is 11.9. The lowest BCUT2D eigenvalue weighted by atomic mass is 9.82. The Kier molecular flexibility index (Phi) is 9.56. The highest BCUT2D eigenvalue weighted by Gasteiger charge is 2.57. The van der Waals surface area contributed by atoms with Crippen molar-refractivity contribution in [2.75, 3.05) is 56.1 Å². The van der Waals surface area contributed by atoms with Crippen molar-refractivity contribution < 1.29 is 31.5 Å². The smallest absolute Gasteiger partial charge is 0.272 e. The average molecular weight is 688 g/mol. The second-order valence-corrected chi connectivity index (χ2v) is 13.6. The summed E-state index contributed by atoms with van der Waals surface area (Å²) < 4.78 is 66.8. The van der Waals surface area contributed by atoms with Crippen LogP contribution in [0.2, 0.25) is 0 Å². The normalized spacial score (nSPS) is 18.0. The number of anilines is 2. The molecule has 10 nitrogen and oxygen atoms in total. The number of methoxy groups -OCH3 is 1. The highest BCUT2D eigenvalue weighted by Crippen LogP contribution is 2.49. The Morgan fingerprint density at radius 3 is 2.29 bits per heavy atom. The number of nitrogens with one attached hydrogen (secondary N) is 1. The van der Waals surface area contributed by atoms with Gasteiger partial charge in [0.25, 0.3) is 22.4 Å². The van der Waals surface area contributed by atoms with E-state index in [0.717, 1.165) is 37.4 Å². The Morgan fingerprint density at radius 1 is 0.939 bits per heavy atom. The Balaban J connectivity index is 1.47. The van der Waals surface area contributed by atoms with Gasteiger partial charge in [0.1, 0.15) is 18.1 Å². The Labute approximate surface area is 284 Å². The molecule has 0 spiro atoms. The first-order valence-corrected chi connectivity index (χ1v) is 17.1. The summed E-state index contributed by atoms with van der Waals surface area (Å²) in [4.78, 5) is 19.4. The van der Waals surface area contributed by atoms with E-state index in [0.29, 0.717) is 10.1 Å². The number of para-hydroxylation sites is 1. The lowest BCUT2D eigenvalue weighted by Crippen LogP contribution is -2.52. The van der Waals surface area contributed by atoms with Crippen LogP contribution in [0.4, 0.5) is 20.2 Å². The summed E-state index contributed by atoms with van der Waals surface area (Å²) in [5, 5.41) is 13.2. The first-order chi connectivity index (χ1) is 23.6. The monoisotopic (exact) mass is 687 g/mol. The number of likely N-dealkylation sites (N-methyl/N-ethyl adjacent to an activating group) is 1. The lowest BCUT2D eigenvalue weighted by Gasteiger charge is -2.34. The molecule has 0 saturated carbocycles. The van der Waals surface area contributed by atoms with Gasteiger partial charge < -0.3 is 19.3 Å². The quantitative estimate of drug-likeness (QED) is 0.239. The SMILES string of the molecule is COc1ccc(S(=O)(=O)N2C(=O)C(NCc3ccc(N4CCN(C)CC4)cc3)(c3ccccc3OCC(F)F)c3cc(C#N)ccc32)cc1. The van der Waals surface area contributed by atoms with Crippen LogP contribution in [0.3, 0.4) is 0 Å². The molecule has 0 aromatic heterocycles. The summed E-state index contributed by atoms with van der Waals surface area (Å²) in [6, 6.07) is 26.0. The zero-order valence-corrected chi connectivity index (χ0v) is 27.8. The molecule has 4 aromatic carbocycles. The third-order valence-corrected chi connectivity index (χ3v) is 10.6. The molecule has 1 saturated heterocycles. The molecule has 2 aliphatic heterocycles. The molecule has 1 amide bonds. The minimum Gasteiger partial charge on any atom is -0.497 e. The predicted octanol–water partition coefficient (Wildman–Crippen LogP) is 4.73. The largest absolute Gasteiger partial charge is 0.497 e. The number of hydrogen-bond acceptors (Lipinski definition) is 9. The number of nitrogens with zero attached hydrogens (tertiary/aromatic N) is 4. The van der Waals surface area contributed by atoms with Crippen molar-refractivity contribution in [3.8, 4) is 17.6 Å². The highest BCUT2D eigenvalue weighted by atomic mass is 32.2. The van der Waals surface area contributed by atoms with Crippen molar-refractivity contribution in [3.63, 3.8) is 0 Å². The summed E-state index contributed by atoms with van der Waals surface area (Å²) >= 11 is 0. The molecule has 1 unspecified atom stereocenters. The van der Waals surface area contributed by atoms with Gasteiger partial charge in [-0.25, -0.2) is 21.5 Å². The summed E-state index contributed by atoms with van der Waals surface area (Å²) in [6.07, 6.45) is -2.81. The fourth-order valence-electron chi connectivity index (χ4n) is 6.26. The topological polar surface area (TPSA) is 115 Å². The van der Waals surface area contributed by atoms with Crippen LogP contribution in [0.25, 0.3) is 0 Å². The zero-order valence-electron chi connectivity index (χ0n) is 27.0. The molecule has 0 radical (unpaired) electrons. The number of fused-ring (bicyclic) bond motifs is 1. The number of carbonyl (C=O) groups is 1. The van der Waals surface area contributed by atoms with Gasteiger partial charge in [0.15, 0.2) is 5.54 Å². The maximum absolute atomic E-state index is 15.0. The van der Waals surface area contributed by atoms with Crippen molar-refractivity contribution in [1.29, 1.82) is 5.26 Å². The summed E-state index contributed by atoms with van der Waals surface area (Å²) in [5.41, 5.74) is 0.344. The van der Waals surface area contributed by atoms with E-state index in [4.69, 9.17) is 9.47 Å². The molecule has 2 aliphatic rings. The number of halogens is 2. The highest BCUT2D eigenvalue weighted by molar-refractivity contribution is 7.93. The van der Waals surface area contributed by atoms with Crippen LogP contribution in [-0.2, 0) is 26.9 Å². The van der Waals surface area contributed by atoms with E-state index in [1.165, 1.54) is 61.7 Å². The number of alkyl halides is 2. The average Bonchev–Trinajstić information content (AvgIpc) is 3.38. The van der Waals surface area contributed by atoms with E-state index in [9.17, 15) is 27.3 Å². The third-order valence-electron chi connectivity index (χ3n) is 8.87. The standard InChI is InChI=1S/C36H35F2N5O5S/c1-41-17-19-42(20-18-41)27-10-7-25(8-11-27)23-40-36(30-5-3-4-6-33(30)48-24-34(37)38)31-21-26(22-39)9-16-32(31)43(35(36)44)49(45,46)29-14-12-28(47-2)13-15-29/h3-16,21,34,40H,17-20,23-24H2,1-2H3. The van der Waals surface area contributed by atoms with Gasteiger partial charge in [0, 0.05) is 49.5 Å². The van der Waals surface area contributed by atoms with Crippen LogP contribution in [0.15, 0.2) is 95.9 Å². The van der Waals surface area contributed by atoms with E-state index in [1.54, 1.807) is 12.1 Å². The van der Waals surface area contributed by atoms with E-state index in [2.05, 4.69) is 28.2 Å². The van der Waals surface area contributed by atoms with Crippen LogP contribution in [0.5, 0.6) is 11.5 Å². The first kappa shape index (κ1) is 33.9. The number of ether oxygens (including phenoxy) is 2. The number of benzene rings is 4. The van der Waals surface area contributed by atoms with E-state index < -0.39 is 34.5 Å². The number of carbonyl (C=O) groups excluding carboxylic acids is 1. The van der Waals surface area contributed by atoms with Crippen LogP contribution in [0, 0.1) is 11.3 Å². The fraction of sp³-hybridized carbons (Fsp3) is 0.278. The van der Waals surface area contributed by atoms with Crippen LogP contribution < -0.4 is 24.0 Å². The molecule has 6 rings (SSSR count). The van der Waals surface area contributed by atoms with Gasteiger partial charge in [0.2, 0.25) is 0 Å². The van der Waals surface area contributed by atoms with Crippen molar-refractivity contribution in [2.45, 2.75) is 23.4 Å². The van der Waals surface area contributed by atoms with Crippen molar-refractivity contribution in [2.24, 2.45) is 0 Å². The lowest BCUT2D eigenvalue weighted by molar-refractivity contribution is -0.121. The minimum atomic E-state index is -4.53. The van der Waals surface area contributed by atoms with Gasteiger partial charge in [-0.05, 0) is 73.3 Å². The Morgan fingerprint density at radius 2 is 1.63 bits per heavy atom. The molecule has 13 heteroatoms. The molecular weight excluding hydrogens is 652 g/mol. The number of rotatable bonds is 11. The Hall–Kier alpha value is -5.03. The van der Waals surface area contributed by atoms with Gasteiger partial charge in [-0.15, -0.1) is 0 Å². The number of sulfonamides is 1. The van der Waals surface area contributed by atoms with E-state index in [1.807, 2.05) is 24.3 Å². The maximum Gasteiger partial charge on any atom is 0.272 e. The van der Waals surface area contributed by atoms with Gasteiger partial charge in [-0.2, -0.15) is 5.26 Å². The molecular formula is C36H35F2N5O5S.